The molecule has 6 atom stereocenters. The van der Waals surface area contributed by atoms with E-state index in [1.807, 2.05) is 18.3 Å². The molecule has 4 heteroatoms. The van der Waals surface area contributed by atoms with Crippen LogP contribution in [0.4, 0.5) is 0 Å². The number of benzene rings is 1. The number of phenols is 1. The number of aliphatic imine (C=N–C) groups is 2. The maximum absolute atomic E-state index is 13.2. The van der Waals surface area contributed by atoms with Gasteiger partial charge in [0.15, 0.2) is 5.78 Å². The van der Waals surface area contributed by atoms with Crippen molar-refractivity contribution in [1.29, 1.82) is 0 Å². The molecule has 6 aliphatic carbocycles. The summed E-state index contributed by atoms with van der Waals surface area (Å²) in [6.45, 7) is 0. The first-order chi connectivity index (χ1) is 18.6. The minimum Gasteiger partial charge on any atom is -0.508 e. The Morgan fingerprint density at radius 2 is 1.92 bits per heavy atom. The Kier molecular flexibility index (Phi) is 3.68. The molecular weight excluding hydrogens is 468 g/mol. The molecule has 0 saturated heterocycles. The highest BCUT2D eigenvalue weighted by Crippen LogP contribution is 2.67. The number of rotatable bonds is 0. The largest absolute Gasteiger partial charge is 0.508 e. The molecule has 4 nitrogen and oxygen atoms in total. The summed E-state index contributed by atoms with van der Waals surface area (Å²) in [4.78, 5) is 24.0. The van der Waals surface area contributed by atoms with Crippen molar-refractivity contribution in [2.24, 2.45) is 32.7 Å². The van der Waals surface area contributed by atoms with Crippen molar-refractivity contribution in [2.45, 2.75) is 18.4 Å². The maximum Gasteiger partial charge on any atom is 0.156 e. The average molecular weight is 493 g/mol. The highest BCUT2D eigenvalue weighted by atomic mass is 16.3. The summed E-state index contributed by atoms with van der Waals surface area (Å²) in [7, 11) is 0. The molecule has 1 spiro atoms. The third-order valence-corrected chi connectivity index (χ3v) is 9.92. The van der Waals surface area contributed by atoms with E-state index in [0.29, 0.717) is 6.42 Å². The van der Waals surface area contributed by atoms with Crippen LogP contribution in [0.2, 0.25) is 0 Å². The number of fused-ring (bicyclic) bond motifs is 7. The van der Waals surface area contributed by atoms with E-state index in [-0.39, 0.29) is 35.3 Å². The van der Waals surface area contributed by atoms with Crippen LogP contribution in [-0.2, 0) is 4.79 Å². The van der Waals surface area contributed by atoms with Gasteiger partial charge in [0.05, 0.1) is 22.6 Å². The predicted molar refractivity (Wildman–Crippen MR) is 149 cm³/mol. The zero-order chi connectivity index (χ0) is 25.2. The molecule has 8 aliphatic rings. The van der Waals surface area contributed by atoms with Gasteiger partial charge in [-0.15, -0.1) is 0 Å². The molecular formula is C34H24N2O2. The Labute approximate surface area is 220 Å². The van der Waals surface area contributed by atoms with Crippen LogP contribution < -0.4 is 0 Å². The van der Waals surface area contributed by atoms with Crippen LogP contribution in [0.15, 0.2) is 130 Å². The van der Waals surface area contributed by atoms with Gasteiger partial charge in [-0.1, -0.05) is 66.8 Å². The average Bonchev–Trinajstić information content (AvgIpc) is 2.94. The van der Waals surface area contributed by atoms with Crippen molar-refractivity contribution in [2.75, 3.05) is 0 Å². The number of hydrogen-bond acceptors (Lipinski definition) is 4. The Balaban J connectivity index is 1.42. The Hall–Kier alpha value is -4.31. The second-order valence-electron chi connectivity index (χ2n) is 11.5. The molecule has 1 aromatic carbocycles. The summed E-state index contributed by atoms with van der Waals surface area (Å²) in [6, 6.07) is 5.67. The highest BCUT2D eigenvalue weighted by Gasteiger charge is 2.68. The molecule has 1 aromatic rings. The van der Waals surface area contributed by atoms with E-state index in [1.54, 1.807) is 12.1 Å². The second kappa shape index (κ2) is 6.76. The van der Waals surface area contributed by atoms with Crippen molar-refractivity contribution in [3.8, 4) is 5.75 Å². The fourth-order valence-corrected chi connectivity index (χ4v) is 8.48. The van der Waals surface area contributed by atoms with Crippen molar-refractivity contribution in [3.63, 3.8) is 0 Å². The summed E-state index contributed by atoms with van der Waals surface area (Å²) < 4.78 is 0. The fourth-order valence-electron chi connectivity index (χ4n) is 8.48. The zero-order valence-corrected chi connectivity index (χ0v) is 20.6. The van der Waals surface area contributed by atoms with Gasteiger partial charge in [-0.05, 0) is 63.8 Å². The maximum atomic E-state index is 13.2. The number of allylic oxidation sites excluding steroid dienone is 13. The zero-order valence-electron chi connectivity index (χ0n) is 20.6. The first-order valence-corrected chi connectivity index (χ1v) is 13.4. The normalized spacial score (nSPS) is 37.6. The molecule has 2 aliphatic heterocycles. The smallest absolute Gasteiger partial charge is 0.156 e. The van der Waals surface area contributed by atoms with Crippen molar-refractivity contribution < 1.29 is 9.90 Å². The summed E-state index contributed by atoms with van der Waals surface area (Å²) in [5.41, 5.74) is 8.06. The molecule has 6 unspecified atom stereocenters. The molecule has 0 bridgehead atoms. The van der Waals surface area contributed by atoms with Crippen LogP contribution in [0.5, 0.6) is 5.75 Å². The van der Waals surface area contributed by atoms with Crippen LogP contribution in [0.3, 0.4) is 0 Å². The summed E-state index contributed by atoms with van der Waals surface area (Å²) in [6.07, 6.45) is 30.2. The van der Waals surface area contributed by atoms with Gasteiger partial charge >= 0.3 is 0 Å². The van der Waals surface area contributed by atoms with Crippen LogP contribution in [0.1, 0.15) is 23.5 Å². The lowest BCUT2D eigenvalue weighted by Crippen LogP contribution is -2.64. The molecule has 1 saturated carbocycles. The van der Waals surface area contributed by atoms with Crippen molar-refractivity contribution >= 4 is 23.3 Å². The van der Waals surface area contributed by atoms with Gasteiger partial charge in [0.1, 0.15) is 5.75 Å². The van der Waals surface area contributed by atoms with Gasteiger partial charge in [0.2, 0.25) is 0 Å². The van der Waals surface area contributed by atoms with E-state index in [9.17, 15) is 9.90 Å². The molecule has 1 fully saturated rings. The molecule has 1 N–H and O–H groups in total. The molecule has 0 aromatic heterocycles. The monoisotopic (exact) mass is 492 g/mol. The molecule has 2 heterocycles. The van der Waals surface area contributed by atoms with Gasteiger partial charge in [0.25, 0.3) is 0 Å². The van der Waals surface area contributed by atoms with E-state index in [0.717, 1.165) is 28.1 Å². The minimum absolute atomic E-state index is 0.0106. The van der Waals surface area contributed by atoms with Crippen LogP contribution in [0.25, 0.3) is 6.08 Å². The molecule has 0 radical (unpaired) electrons. The molecule has 0 amide bonds. The third-order valence-electron chi connectivity index (χ3n) is 9.92. The number of carbonyl (C=O) groups excluding carboxylic acids is 1. The van der Waals surface area contributed by atoms with E-state index >= 15 is 0 Å². The van der Waals surface area contributed by atoms with E-state index in [1.165, 1.54) is 16.7 Å². The van der Waals surface area contributed by atoms with Gasteiger partial charge < -0.3 is 5.11 Å². The lowest BCUT2D eigenvalue weighted by molar-refractivity contribution is -0.116. The van der Waals surface area contributed by atoms with Crippen molar-refractivity contribution in [3.05, 3.63) is 131 Å². The molecule has 9 rings (SSSR count). The number of phenolic OH excluding ortho intramolecular Hbond substituents is 1. The van der Waals surface area contributed by atoms with E-state index < -0.39 is 10.8 Å². The van der Waals surface area contributed by atoms with Crippen LogP contribution in [0, 0.1) is 22.7 Å². The van der Waals surface area contributed by atoms with Crippen molar-refractivity contribution in [1.82, 2.24) is 0 Å². The number of aromatic hydroxyl groups is 1. The second-order valence-corrected chi connectivity index (χ2v) is 11.5. The number of hydrogen-bond donors (Lipinski definition) is 1. The number of ketones is 1. The van der Waals surface area contributed by atoms with Gasteiger partial charge in [-0.25, -0.2) is 0 Å². The first kappa shape index (κ1) is 20.7. The SMILES string of the molecule is O=C1C=CC23C4=CC=CC2(C1)C1=NC2C(=CC=C5C=CC=CC52)C2c5cc(O)ccc5C=C(C3=NC=C4)C12. The van der Waals surface area contributed by atoms with Crippen LogP contribution >= 0.6 is 0 Å². The number of nitrogens with zero attached hydrogens (tertiary/aromatic N) is 2. The van der Waals surface area contributed by atoms with Gasteiger partial charge in [-0.3, -0.25) is 14.8 Å². The fraction of sp³-hybridized carbons (Fsp3) is 0.206. The Morgan fingerprint density at radius 3 is 2.87 bits per heavy atom. The van der Waals surface area contributed by atoms with Gasteiger partial charge in [0, 0.05) is 36.1 Å². The minimum atomic E-state index is -0.609. The van der Waals surface area contributed by atoms with Gasteiger partial charge in [-0.2, -0.15) is 0 Å². The highest BCUT2D eigenvalue weighted by molar-refractivity contribution is 6.26. The van der Waals surface area contributed by atoms with E-state index in [4.69, 9.17) is 9.98 Å². The number of carbonyl (C=O) groups is 1. The standard InChI is InChI=1S/C34H24N2O2/c37-22-9-7-20-16-27-29-28(26(20)17-22)25-10-8-19-4-1-2-6-24(19)30(25)36-32(29)33-13-3-5-21-12-15-35-31(27)34(21,33)14-11-23(38)18-33/h1-17,24,28-30,37H,18H2. The Bertz CT molecular complexity index is 1750. The quantitative estimate of drug-likeness (QED) is 0.490. The molecule has 38 heavy (non-hydrogen) atoms. The summed E-state index contributed by atoms with van der Waals surface area (Å²) in [5.74, 6) is 0.508. The predicted octanol–water partition coefficient (Wildman–Crippen LogP) is 5.90. The summed E-state index contributed by atoms with van der Waals surface area (Å²) >= 11 is 0. The lowest BCUT2D eigenvalue weighted by Gasteiger charge is -2.62. The molecule has 182 valence electrons. The lowest BCUT2D eigenvalue weighted by atomic mass is 9.41. The topological polar surface area (TPSA) is 62.0 Å². The van der Waals surface area contributed by atoms with E-state index in [2.05, 4.69) is 72.9 Å². The van der Waals surface area contributed by atoms with Crippen LogP contribution in [-0.4, -0.2) is 28.4 Å². The first-order valence-electron chi connectivity index (χ1n) is 13.4. The third kappa shape index (κ3) is 2.23. The summed E-state index contributed by atoms with van der Waals surface area (Å²) in [5, 5.41) is 10.6. The Morgan fingerprint density at radius 1 is 0.974 bits per heavy atom.